The third-order valence-corrected chi connectivity index (χ3v) is 11.0. The van der Waals surface area contributed by atoms with Crippen LogP contribution in [-0.4, -0.2) is 57.5 Å². The Morgan fingerprint density at radius 2 is 2.03 bits per heavy atom. The van der Waals surface area contributed by atoms with Gasteiger partial charge in [-0.2, -0.15) is 0 Å². The van der Waals surface area contributed by atoms with Crippen LogP contribution in [0.4, 0.5) is 0 Å². The van der Waals surface area contributed by atoms with Gasteiger partial charge in [-0.15, -0.1) is 0 Å². The molecule has 2 aliphatic heterocycles. The van der Waals surface area contributed by atoms with E-state index in [2.05, 4.69) is 26.9 Å². The largest absolute Gasteiger partial charge is 0.508 e. The van der Waals surface area contributed by atoms with Crippen LogP contribution in [0.1, 0.15) is 60.1 Å². The Kier molecular flexibility index (Phi) is 3.99. The number of hydrogen-bond donors (Lipinski definition) is 2. The second-order valence-corrected chi connectivity index (χ2v) is 12.4. The van der Waals surface area contributed by atoms with Crippen LogP contribution in [0.2, 0.25) is 0 Å². The number of pyridine rings is 1. The molecule has 4 bridgehead atoms. The van der Waals surface area contributed by atoms with Crippen LogP contribution in [0.15, 0.2) is 41.2 Å². The van der Waals surface area contributed by atoms with E-state index in [0.717, 1.165) is 44.7 Å². The van der Waals surface area contributed by atoms with Gasteiger partial charge >= 0.3 is 0 Å². The van der Waals surface area contributed by atoms with Crippen molar-refractivity contribution in [2.75, 3.05) is 19.6 Å². The lowest BCUT2D eigenvalue weighted by molar-refractivity contribution is -0.102. The van der Waals surface area contributed by atoms with Gasteiger partial charge < -0.3 is 15.0 Å². The van der Waals surface area contributed by atoms with E-state index < -0.39 is 0 Å². The number of hydrogen-bond acceptors (Lipinski definition) is 4. The molecule has 182 valence electrons. The number of phenolic OH excluding ortho intramolecular Hbond substituents is 1. The number of amides is 1. The van der Waals surface area contributed by atoms with Crippen LogP contribution >= 0.6 is 0 Å². The summed E-state index contributed by atoms with van der Waals surface area (Å²) >= 11 is 0. The Balaban J connectivity index is 1.25. The third-order valence-electron chi connectivity index (χ3n) is 11.0. The molecule has 1 amide bonds. The molecule has 0 spiro atoms. The number of piperidine rings is 1. The maximum atomic E-state index is 13.6. The molecule has 2 N–H and O–H groups in total. The minimum Gasteiger partial charge on any atom is -0.508 e. The highest BCUT2D eigenvalue weighted by atomic mass is 16.3. The average Bonchev–Trinajstić information content (AvgIpc) is 3.54. The molecule has 0 radical (unpaired) electrons. The summed E-state index contributed by atoms with van der Waals surface area (Å²) in [5.74, 6) is 2.15. The van der Waals surface area contributed by atoms with Crippen LogP contribution in [0.3, 0.4) is 0 Å². The van der Waals surface area contributed by atoms with Crippen LogP contribution in [-0.2, 0) is 11.8 Å². The number of nitrogens with zero attached hydrogens (tertiary/aromatic N) is 2. The van der Waals surface area contributed by atoms with Crippen molar-refractivity contribution in [3.05, 3.63) is 63.6 Å². The third kappa shape index (κ3) is 2.54. The molecule has 3 heterocycles. The van der Waals surface area contributed by atoms with Crippen molar-refractivity contribution in [3.63, 3.8) is 0 Å². The molecule has 2 aromatic rings. The first-order valence-electron chi connectivity index (χ1n) is 13.6. The van der Waals surface area contributed by atoms with Gasteiger partial charge in [-0.05, 0) is 104 Å². The smallest absolute Gasteiger partial charge is 0.270 e. The summed E-state index contributed by atoms with van der Waals surface area (Å²) in [6, 6.07) is 11.8. The van der Waals surface area contributed by atoms with Crippen LogP contribution < -0.4 is 5.56 Å². The molecule has 1 aromatic carbocycles. The zero-order chi connectivity index (χ0) is 23.5. The van der Waals surface area contributed by atoms with Crippen LogP contribution in [0.5, 0.6) is 5.75 Å². The minimum absolute atomic E-state index is 0.0272. The number of likely N-dealkylation sites (tertiary alicyclic amines) is 2. The van der Waals surface area contributed by atoms with Gasteiger partial charge in [0.15, 0.2) is 0 Å². The van der Waals surface area contributed by atoms with E-state index in [9.17, 15) is 14.7 Å². The molecule has 6 aliphatic rings. The number of fused-ring (bicyclic) bond motifs is 1. The molecule has 35 heavy (non-hydrogen) atoms. The summed E-state index contributed by atoms with van der Waals surface area (Å²) in [6.07, 6.45) is 8.39. The van der Waals surface area contributed by atoms with Gasteiger partial charge in [-0.1, -0.05) is 12.1 Å². The van der Waals surface area contributed by atoms with E-state index in [1.807, 2.05) is 6.07 Å². The van der Waals surface area contributed by atoms with Gasteiger partial charge in [0.1, 0.15) is 11.4 Å². The first kappa shape index (κ1) is 20.6. The number of carbonyl (C=O) groups is 1. The maximum absolute atomic E-state index is 13.6. The second-order valence-electron chi connectivity index (χ2n) is 12.4. The first-order chi connectivity index (χ1) is 17.0. The van der Waals surface area contributed by atoms with E-state index in [1.54, 1.807) is 12.1 Å². The van der Waals surface area contributed by atoms with Gasteiger partial charge in [-0.3, -0.25) is 14.5 Å². The van der Waals surface area contributed by atoms with Gasteiger partial charge in [0.05, 0.1) is 0 Å². The summed E-state index contributed by atoms with van der Waals surface area (Å²) in [5, 5.41) is 10.6. The molecule has 6 heteroatoms. The summed E-state index contributed by atoms with van der Waals surface area (Å²) in [4.78, 5) is 33.3. The number of benzene rings is 1. The number of phenols is 1. The van der Waals surface area contributed by atoms with E-state index in [4.69, 9.17) is 0 Å². The number of aromatic hydroxyl groups is 1. The van der Waals surface area contributed by atoms with Crippen LogP contribution in [0, 0.1) is 23.2 Å². The Labute approximate surface area is 205 Å². The van der Waals surface area contributed by atoms with Crippen molar-refractivity contribution in [3.8, 4) is 5.75 Å². The molecule has 1 aromatic heterocycles. The molecule has 4 aliphatic carbocycles. The Morgan fingerprint density at radius 1 is 1.14 bits per heavy atom. The maximum Gasteiger partial charge on any atom is 0.270 e. The predicted octanol–water partition coefficient (Wildman–Crippen LogP) is 3.30. The SMILES string of the molecule is O=C(c1cccc(=O)[nH]1)N1C[C@H]2C[C@@]34CC[C@@H]1[C@@H]2[C@@]31CCN(CC2CC2)[C@@H]4Cc2ccc(O)cc21. The van der Waals surface area contributed by atoms with Crippen molar-refractivity contribution in [1.82, 2.24) is 14.8 Å². The number of H-pyrrole nitrogens is 1. The lowest BCUT2D eigenvalue weighted by Crippen LogP contribution is -2.69. The molecule has 5 fully saturated rings. The van der Waals surface area contributed by atoms with Crippen molar-refractivity contribution < 1.29 is 9.90 Å². The zero-order valence-corrected chi connectivity index (χ0v) is 20.1. The standard InChI is InChI=1S/C29H33N3O3/c33-20-7-6-18-12-24-28-9-8-23-26(29(28,21(18)13-20)10-11-31(24)15-17-4-5-17)19(14-28)16-32(23)27(35)22-2-1-3-25(34)30-22/h1-3,6-7,13,17,19,23-24,26,33H,4-5,8-12,14-16H2,(H,30,34)/t19-,23-,24-,26-,28-,29+/m1/s1. The van der Waals surface area contributed by atoms with Crippen molar-refractivity contribution >= 4 is 5.91 Å². The van der Waals surface area contributed by atoms with E-state index in [0.29, 0.717) is 29.3 Å². The van der Waals surface area contributed by atoms with Gasteiger partial charge in [0, 0.05) is 36.7 Å². The number of carbonyl (C=O) groups excluding carboxylic acids is 1. The van der Waals surface area contributed by atoms with Gasteiger partial charge in [0.25, 0.3) is 5.91 Å². The average molecular weight is 472 g/mol. The number of nitrogens with one attached hydrogen (secondary N) is 1. The fourth-order valence-corrected chi connectivity index (χ4v) is 9.90. The molecule has 6 atom stereocenters. The predicted molar refractivity (Wildman–Crippen MR) is 131 cm³/mol. The quantitative estimate of drug-likeness (QED) is 0.720. The van der Waals surface area contributed by atoms with Crippen molar-refractivity contribution in [2.45, 2.75) is 62.4 Å². The van der Waals surface area contributed by atoms with Gasteiger partial charge in [-0.25, -0.2) is 0 Å². The summed E-state index contributed by atoms with van der Waals surface area (Å²) in [5.41, 5.74) is 3.28. The summed E-state index contributed by atoms with van der Waals surface area (Å²) < 4.78 is 0. The number of rotatable bonds is 3. The monoisotopic (exact) mass is 471 g/mol. The fraction of sp³-hybridized carbons (Fsp3) is 0.586. The second kappa shape index (κ2) is 6.78. The molecule has 2 saturated heterocycles. The minimum atomic E-state index is -0.223. The normalized spacial score (nSPS) is 38.8. The molecule has 3 saturated carbocycles. The van der Waals surface area contributed by atoms with E-state index in [1.165, 1.54) is 43.0 Å². The molecular formula is C29H33N3O3. The Hall–Kier alpha value is -2.60. The lowest BCUT2D eigenvalue weighted by atomic mass is 9.43. The molecule has 8 rings (SSSR count). The number of aromatic nitrogens is 1. The summed E-state index contributed by atoms with van der Waals surface area (Å²) in [6.45, 7) is 3.17. The Morgan fingerprint density at radius 3 is 2.86 bits per heavy atom. The fourth-order valence-electron chi connectivity index (χ4n) is 9.90. The lowest BCUT2D eigenvalue weighted by Gasteiger charge is -2.66. The summed E-state index contributed by atoms with van der Waals surface area (Å²) in [7, 11) is 0. The highest BCUT2D eigenvalue weighted by Gasteiger charge is 2.76. The van der Waals surface area contributed by atoms with E-state index in [-0.39, 0.29) is 28.3 Å². The van der Waals surface area contributed by atoms with Crippen molar-refractivity contribution in [2.24, 2.45) is 23.2 Å². The van der Waals surface area contributed by atoms with E-state index >= 15 is 0 Å². The molecule has 0 unspecified atom stereocenters. The van der Waals surface area contributed by atoms with Gasteiger partial charge in [0.2, 0.25) is 5.56 Å². The first-order valence-corrected chi connectivity index (χ1v) is 13.6. The van der Waals surface area contributed by atoms with Crippen molar-refractivity contribution in [1.29, 1.82) is 0 Å². The Bertz CT molecular complexity index is 1300. The zero-order valence-electron chi connectivity index (χ0n) is 20.1. The topological polar surface area (TPSA) is 76.6 Å². The molecule has 6 nitrogen and oxygen atoms in total. The highest BCUT2D eigenvalue weighted by Crippen LogP contribution is 2.75. The number of aromatic amines is 1. The molecular weight excluding hydrogens is 438 g/mol. The van der Waals surface area contributed by atoms with Crippen LogP contribution in [0.25, 0.3) is 0 Å². The highest BCUT2D eigenvalue weighted by molar-refractivity contribution is 5.92.